The fraction of sp³-hybridized carbons (Fsp3) is 0.130. The number of benzene rings is 2. The molecule has 2 aromatic carbocycles. The van der Waals surface area contributed by atoms with Crippen LogP contribution in [-0.4, -0.2) is 35.3 Å². The van der Waals surface area contributed by atoms with E-state index in [1.165, 1.54) is 6.26 Å². The van der Waals surface area contributed by atoms with Gasteiger partial charge in [0.25, 0.3) is 5.91 Å². The summed E-state index contributed by atoms with van der Waals surface area (Å²) in [4.78, 5) is 51.4. The molecule has 6 amide bonds. The van der Waals surface area contributed by atoms with Gasteiger partial charge in [0.15, 0.2) is 5.54 Å². The van der Waals surface area contributed by atoms with Gasteiger partial charge < -0.3 is 15.1 Å². The van der Waals surface area contributed by atoms with E-state index in [0.29, 0.717) is 16.9 Å². The van der Waals surface area contributed by atoms with Crippen LogP contribution in [0.1, 0.15) is 16.9 Å². The second-order valence-corrected chi connectivity index (χ2v) is 7.11. The van der Waals surface area contributed by atoms with E-state index in [4.69, 9.17) is 4.42 Å². The van der Waals surface area contributed by atoms with Gasteiger partial charge >= 0.3 is 12.1 Å². The van der Waals surface area contributed by atoms with Gasteiger partial charge in [0.1, 0.15) is 12.3 Å². The van der Waals surface area contributed by atoms with Crippen LogP contribution in [0.2, 0.25) is 0 Å². The molecule has 9 heteroatoms. The molecule has 4 rings (SSSR count). The van der Waals surface area contributed by atoms with E-state index in [-0.39, 0.29) is 6.54 Å². The van der Waals surface area contributed by atoms with Gasteiger partial charge in [-0.2, -0.15) is 0 Å². The van der Waals surface area contributed by atoms with Crippen LogP contribution >= 0.6 is 0 Å². The number of imide groups is 2. The SMILES string of the molecule is O=C(CN1C(=O)NC(c2ccccc2)(c2ccccc2)C1=O)NC(=O)NCc1ccco1. The lowest BCUT2D eigenvalue weighted by atomic mass is 9.82. The first kappa shape index (κ1) is 20.9. The van der Waals surface area contributed by atoms with Crippen molar-refractivity contribution < 1.29 is 23.6 Å². The van der Waals surface area contributed by atoms with Gasteiger partial charge in [-0.1, -0.05) is 60.7 Å². The lowest BCUT2D eigenvalue weighted by molar-refractivity contribution is -0.134. The fourth-order valence-electron chi connectivity index (χ4n) is 3.59. The third-order valence-corrected chi connectivity index (χ3v) is 5.08. The number of amides is 6. The van der Waals surface area contributed by atoms with Crippen LogP contribution in [0.4, 0.5) is 9.59 Å². The van der Waals surface area contributed by atoms with Gasteiger partial charge in [-0.15, -0.1) is 0 Å². The van der Waals surface area contributed by atoms with E-state index in [1.54, 1.807) is 72.8 Å². The molecule has 1 aliphatic rings. The Morgan fingerprint density at radius 2 is 1.53 bits per heavy atom. The third-order valence-electron chi connectivity index (χ3n) is 5.08. The largest absolute Gasteiger partial charge is 0.467 e. The van der Waals surface area contributed by atoms with Crippen LogP contribution in [0.25, 0.3) is 0 Å². The maximum atomic E-state index is 13.5. The van der Waals surface area contributed by atoms with Crippen LogP contribution in [0.15, 0.2) is 83.5 Å². The number of furan rings is 1. The molecule has 32 heavy (non-hydrogen) atoms. The Labute approximate surface area is 183 Å². The highest BCUT2D eigenvalue weighted by Gasteiger charge is 2.54. The zero-order chi connectivity index (χ0) is 22.6. The summed E-state index contributed by atoms with van der Waals surface area (Å²) < 4.78 is 5.10. The summed E-state index contributed by atoms with van der Waals surface area (Å²) in [6, 6.07) is 19.4. The number of urea groups is 2. The number of rotatable bonds is 6. The summed E-state index contributed by atoms with van der Waals surface area (Å²) in [5, 5.41) is 7.32. The Balaban J connectivity index is 1.50. The zero-order valence-electron chi connectivity index (χ0n) is 16.9. The molecule has 0 unspecified atom stereocenters. The first-order valence-corrected chi connectivity index (χ1v) is 9.86. The van der Waals surface area contributed by atoms with Gasteiger partial charge in [0.2, 0.25) is 5.91 Å². The van der Waals surface area contributed by atoms with Crippen molar-refractivity contribution in [2.75, 3.05) is 6.54 Å². The van der Waals surface area contributed by atoms with E-state index in [0.717, 1.165) is 4.90 Å². The maximum absolute atomic E-state index is 13.5. The minimum atomic E-state index is -1.47. The van der Waals surface area contributed by atoms with Crippen LogP contribution in [0, 0.1) is 0 Å². The predicted octanol–water partition coefficient (Wildman–Crippen LogP) is 2.10. The summed E-state index contributed by atoms with van der Waals surface area (Å²) in [5.41, 5.74) is -0.353. The molecule has 3 aromatic rings. The molecule has 0 saturated carbocycles. The summed E-state index contributed by atoms with van der Waals surface area (Å²) >= 11 is 0. The van der Waals surface area contributed by atoms with E-state index >= 15 is 0 Å². The van der Waals surface area contributed by atoms with Crippen molar-refractivity contribution >= 4 is 23.9 Å². The molecule has 1 aliphatic heterocycles. The summed E-state index contributed by atoms with van der Waals surface area (Å²) in [5.74, 6) is -0.898. The Bertz CT molecular complexity index is 1090. The van der Waals surface area contributed by atoms with Gasteiger partial charge in [-0.05, 0) is 23.3 Å². The number of nitrogens with zero attached hydrogens (tertiary/aromatic N) is 1. The number of carbonyl (C=O) groups is 4. The topological polar surface area (TPSA) is 121 Å². The highest BCUT2D eigenvalue weighted by atomic mass is 16.3. The molecule has 0 bridgehead atoms. The number of hydrogen-bond donors (Lipinski definition) is 3. The molecule has 1 aromatic heterocycles. The number of hydrogen-bond acceptors (Lipinski definition) is 5. The molecule has 9 nitrogen and oxygen atoms in total. The average Bonchev–Trinajstić information content (AvgIpc) is 3.42. The van der Waals surface area contributed by atoms with Crippen LogP contribution in [0.3, 0.4) is 0 Å². The van der Waals surface area contributed by atoms with E-state index < -0.39 is 36.0 Å². The third kappa shape index (κ3) is 3.95. The molecule has 2 heterocycles. The van der Waals surface area contributed by atoms with Crippen molar-refractivity contribution in [2.45, 2.75) is 12.1 Å². The molecular weight excluding hydrogens is 412 g/mol. The molecular formula is C23H20N4O5. The highest BCUT2D eigenvalue weighted by Crippen LogP contribution is 2.35. The van der Waals surface area contributed by atoms with Gasteiger partial charge in [-0.25, -0.2) is 9.59 Å². The molecule has 0 spiro atoms. The lowest BCUT2D eigenvalue weighted by Crippen LogP contribution is -2.47. The van der Waals surface area contributed by atoms with E-state index in [1.807, 2.05) is 0 Å². The van der Waals surface area contributed by atoms with Crippen molar-refractivity contribution in [3.8, 4) is 0 Å². The van der Waals surface area contributed by atoms with Gasteiger partial charge in [0.05, 0.1) is 12.8 Å². The van der Waals surface area contributed by atoms with E-state index in [9.17, 15) is 19.2 Å². The molecule has 0 radical (unpaired) electrons. The molecule has 0 aliphatic carbocycles. The van der Waals surface area contributed by atoms with Crippen molar-refractivity contribution in [3.63, 3.8) is 0 Å². The maximum Gasteiger partial charge on any atom is 0.326 e. The molecule has 3 N–H and O–H groups in total. The first-order valence-electron chi connectivity index (χ1n) is 9.86. The summed E-state index contributed by atoms with van der Waals surface area (Å²) in [6.07, 6.45) is 1.46. The Hall–Kier alpha value is -4.40. The summed E-state index contributed by atoms with van der Waals surface area (Å²) in [6.45, 7) is -0.527. The minimum absolute atomic E-state index is 0.0837. The second-order valence-electron chi connectivity index (χ2n) is 7.11. The average molecular weight is 432 g/mol. The zero-order valence-corrected chi connectivity index (χ0v) is 16.9. The number of carbonyl (C=O) groups excluding carboxylic acids is 4. The first-order chi connectivity index (χ1) is 15.5. The van der Waals surface area contributed by atoms with Crippen LogP contribution in [-0.2, 0) is 21.7 Å². The Morgan fingerprint density at radius 3 is 2.09 bits per heavy atom. The molecule has 0 atom stereocenters. The van der Waals surface area contributed by atoms with Crippen molar-refractivity contribution in [3.05, 3.63) is 95.9 Å². The van der Waals surface area contributed by atoms with E-state index in [2.05, 4.69) is 16.0 Å². The lowest BCUT2D eigenvalue weighted by Gasteiger charge is -2.27. The van der Waals surface area contributed by atoms with Gasteiger partial charge in [-0.3, -0.25) is 19.8 Å². The van der Waals surface area contributed by atoms with Crippen LogP contribution < -0.4 is 16.0 Å². The second kappa shape index (κ2) is 8.76. The normalized spacial score (nSPS) is 14.7. The monoisotopic (exact) mass is 432 g/mol. The van der Waals surface area contributed by atoms with Crippen molar-refractivity contribution in [1.29, 1.82) is 0 Å². The molecule has 162 valence electrons. The fourth-order valence-corrected chi connectivity index (χ4v) is 3.59. The van der Waals surface area contributed by atoms with Crippen LogP contribution in [0.5, 0.6) is 0 Å². The predicted molar refractivity (Wildman–Crippen MR) is 113 cm³/mol. The number of nitrogens with one attached hydrogen (secondary N) is 3. The Kier molecular flexibility index (Phi) is 5.71. The molecule has 1 saturated heterocycles. The van der Waals surface area contributed by atoms with Gasteiger partial charge in [0, 0.05) is 0 Å². The minimum Gasteiger partial charge on any atom is -0.467 e. The standard InChI is InChI=1S/C23H20N4O5/c28-19(25-21(30)24-14-18-12-7-13-32-18)15-27-20(29)23(26-22(27)31,16-8-3-1-4-9-16)17-10-5-2-6-11-17/h1-13H,14-15H2,(H,26,31)(H2,24,25,28,30). The molecule has 1 fully saturated rings. The smallest absolute Gasteiger partial charge is 0.326 e. The Morgan fingerprint density at radius 1 is 0.906 bits per heavy atom. The van der Waals surface area contributed by atoms with Crippen molar-refractivity contribution in [2.24, 2.45) is 0 Å². The summed E-state index contributed by atoms with van der Waals surface area (Å²) in [7, 11) is 0. The quantitative estimate of drug-likeness (QED) is 0.515. The van der Waals surface area contributed by atoms with Crippen molar-refractivity contribution in [1.82, 2.24) is 20.9 Å². The highest BCUT2D eigenvalue weighted by molar-refractivity contribution is 6.12.